The van der Waals surface area contributed by atoms with Gasteiger partial charge in [0.1, 0.15) is 5.82 Å². The third-order valence-corrected chi connectivity index (χ3v) is 2.86. The monoisotopic (exact) mass is 330 g/mol. The van der Waals surface area contributed by atoms with Gasteiger partial charge in [0.2, 0.25) is 5.91 Å². The average Bonchev–Trinajstić information content (AvgIpc) is 2.52. The van der Waals surface area contributed by atoms with Gasteiger partial charge in [-0.3, -0.25) is 9.59 Å². The number of rotatable bonds is 5. The van der Waals surface area contributed by atoms with Crippen LogP contribution in [0.5, 0.6) is 0 Å². The molecule has 0 fully saturated rings. The van der Waals surface area contributed by atoms with E-state index in [0.29, 0.717) is 11.4 Å². The summed E-state index contributed by atoms with van der Waals surface area (Å²) in [5.74, 6) is -2.15. The Morgan fingerprint density at radius 1 is 1.00 bits per heavy atom. The van der Waals surface area contributed by atoms with Gasteiger partial charge in [-0.25, -0.2) is 9.18 Å². The SMILES string of the molecule is CC(=O)Nc1cccc(NC(=O)COC(=O)c2cccc(F)c2)c1. The highest BCUT2D eigenvalue weighted by atomic mass is 19.1. The largest absolute Gasteiger partial charge is 0.452 e. The summed E-state index contributed by atoms with van der Waals surface area (Å²) in [7, 11) is 0. The van der Waals surface area contributed by atoms with Gasteiger partial charge >= 0.3 is 5.97 Å². The maximum absolute atomic E-state index is 13.0. The number of esters is 1. The second kappa shape index (κ2) is 7.87. The van der Waals surface area contributed by atoms with Gasteiger partial charge in [-0.1, -0.05) is 12.1 Å². The van der Waals surface area contributed by atoms with E-state index in [0.717, 1.165) is 6.07 Å². The molecule has 124 valence electrons. The summed E-state index contributed by atoms with van der Waals surface area (Å²) < 4.78 is 17.8. The fourth-order valence-corrected chi connectivity index (χ4v) is 1.90. The predicted octanol–water partition coefficient (Wildman–Crippen LogP) is 2.58. The normalized spacial score (nSPS) is 9.92. The Morgan fingerprint density at radius 3 is 2.33 bits per heavy atom. The number of hydrogen-bond donors (Lipinski definition) is 2. The summed E-state index contributed by atoms with van der Waals surface area (Å²) >= 11 is 0. The standard InChI is InChI=1S/C17H15FN2O4/c1-11(21)19-14-6-3-7-15(9-14)20-16(22)10-24-17(23)12-4-2-5-13(18)8-12/h2-9H,10H2,1H3,(H,19,21)(H,20,22). The van der Waals surface area contributed by atoms with Crippen molar-refractivity contribution in [2.45, 2.75) is 6.92 Å². The van der Waals surface area contributed by atoms with Crippen molar-refractivity contribution in [2.75, 3.05) is 17.2 Å². The molecule has 2 aromatic carbocycles. The Balaban J connectivity index is 1.89. The average molecular weight is 330 g/mol. The molecule has 0 bridgehead atoms. The molecule has 0 heterocycles. The van der Waals surface area contributed by atoms with Gasteiger partial charge in [-0.2, -0.15) is 0 Å². The highest BCUT2D eigenvalue weighted by Gasteiger charge is 2.11. The number of ether oxygens (including phenoxy) is 1. The number of anilines is 2. The maximum atomic E-state index is 13.0. The summed E-state index contributed by atoms with van der Waals surface area (Å²) in [6, 6.07) is 11.5. The van der Waals surface area contributed by atoms with E-state index in [4.69, 9.17) is 4.74 Å². The Bertz CT molecular complexity index is 777. The van der Waals surface area contributed by atoms with Crippen LogP contribution in [0, 0.1) is 5.82 Å². The molecule has 2 aromatic rings. The summed E-state index contributed by atoms with van der Waals surface area (Å²) in [5.41, 5.74) is 0.987. The van der Waals surface area contributed by atoms with Crippen molar-refractivity contribution in [3.05, 3.63) is 59.9 Å². The van der Waals surface area contributed by atoms with Crippen LogP contribution in [-0.4, -0.2) is 24.4 Å². The number of benzene rings is 2. The smallest absolute Gasteiger partial charge is 0.338 e. The minimum atomic E-state index is -0.795. The molecule has 0 saturated carbocycles. The van der Waals surface area contributed by atoms with Gasteiger partial charge in [-0.05, 0) is 36.4 Å². The number of hydrogen-bond acceptors (Lipinski definition) is 4. The van der Waals surface area contributed by atoms with E-state index < -0.39 is 24.3 Å². The van der Waals surface area contributed by atoms with Crippen molar-refractivity contribution >= 4 is 29.2 Å². The van der Waals surface area contributed by atoms with Crippen molar-refractivity contribution in [1.82, 2.24) is 0 Å². The molecule has 0 aliphatic carbocycles. The second-order valence-electron chi connectivity index (χ2n) is 4.90. The van der Waals surface area contributed by atoms with Crippen LogP contribution in [0.3, 0.4) is 0 Å². The highest BCUT2D eigenvalue weighted by molar-refractivity contribution is 5.96. The van der Waals surface area contributed by atoms with Crippen LogP contribution in [0.25, 0.3) is 0 Å². The van der Waals surface area contributed by atoms with Crippen LogP contribution in [-0.2, 0) is 14.3 Å². The molecule has 0 aliphatic rings. The summed E-state index contributed by atoms with van der Waals surface area (Å²) in [6.07, 6.45) is 0. The highest BCUT2D eigenvalue weighted by Crippen LogP contribution is 2.15. The number of carbonyl (C=O) groups excluding carboxylic acids is 3. The molecule has 2 amide bonds. The molecular weight excluding hydrogens is 315 g/mol. The second-order valence-corrected chi connectivity index (χ2v) is 4.90. The fraction of sp³-hybridized carbons (Fsp3) is 0.118. The number of nitrogens with one attached hydrogen (secondary N) is 2. The first-order chi connectivity index (χ1) is 11.4. The van der Waals surface area contributed by atoms with Gasteiger partial charge in [0.15, 0.2) is 6.61 Å². The lowest BCUT2D eigenvalue weighted by Gasteiger charge is -2.08. The van der Waals surface area contributed by atoms with Crippen LogP contribution in [0.2, 0.25) is 0 Å². The van der Waals surface area contributed by atoms with Crippen molar-refractivity contribution in [2.24, 2.45) is 0 Å². The Hall–Kier alpha value is -3.22. The molecule has 2 rings (SSSR count). The molecule has 0 spiro atoms. The number of halogens is 1. The minimum Gasteiger partial charge on any atom is -0.452 e. The maximum Gasteiger partial charge on any atom is 0.338 e. The van der Waals surface area contributed by atoms with E-state index in [1.165, 1.54) is 25.1 Å². The van der Waals surface area contributed by atoms with E-state index in [1.807, 2.05) is 0 Å². The lowest BCUT2D eigenvalue weighted by Crippen LogP contribution is -2.21. The lowest BCUT2D eigenvalue weighted by atomic mass is 10.2. The van der Waals surface area contributed by atoms with Gasteiger partial charge in [-0.15, -0.1) is 0 Å². The van der Waals surface area contributed by atoms with Crippen LogP contribution in [0.1, 0.15) is 17.3 Å². The molecular formula is C17H15FN2O4. The van der Waals surface area contributed by atoms with Crippen molar-refractivity contribution in [3.8, 4) is 0 Å². The predicted molar refractivity (Wildman–Crippen MR) is 86.1 cm³/mol. The molecule has 2 N–H and O–H groups in total. The van der Waals surface area contributed by atoms with Gasteiger partial charge in [0, 0.05) is 18.3 Å². The summed E-state index contributed by atoms with van der Waals surface area (Å²) in [4.78, 5) is 34.5. The van der Waals surface area contributed by atoms with Gasteiger partial charge in [0.25, 0.3) is 5.91 Å². The molecule has 0 aromatic heterocycles. The topological polar surface area (TPSA) is 84.5 Å². The Labute approximate surface area is 137 Å². The minimum absolute atomic E-state index is 0.0236. The quantitative estimate of drug-likeness (QED) is 0.825. The zero-order chi connectivity index (χ0) is 17.5. The zero-order valence-corrected chi connectivity index (χ0v) is 12.8. The molecule has 0 saturated heterocycles. The molecule has 0 radical (unpaired) electrons. The third-order valence-electron chi connectivity index (χ3n) is 2.86. The van der Waals surface area contributed by atoms with Gasteiger partial charge < -0.3 is 15.4 Å². The van der Waals surface area contributed by atoms with Crippen LogP contribution in [0.15, 0.2) is 48.5 Å². The Kier molecular flexibility index (Phi) is 5.62. The van der Waals surface area contributed by atoms with Crippen LogP contribution >= 0.6 is 0 Å². The first-order valence-electron chi connectivity index (χ1n) is 7.04. The number of carbonyl (C=O) groups is 3. The molecule has 0 atom stereocenters. The molecule has 0 unspecified atom stereocenters. The summed E-state index contributed by atoms with van der Waals surface area (Å²) in [6.45, 7) is 0.858. The van der Waals surface area contributed by atoms with Gasteiger partial charge in [0.05, 0.1) is 5.56 Å². The molecule has 7 heteroatoms. The van der Waals surface area contributed by atoms with Crippen molar-refractivity contribution in [3.63, 3.8) is 0 Å². The Morgan fingerprint density at radius 2 is 1.67 bits per heavy atom. The van der Waals surface area contributed by atoms with E-state index in [-0.39, 0.29) is 11.5 Å². The van der Waals surface area contributed by atoms with E-state index in [2.05, 4.69) is 10.6 Å². The van der Waals surface area contributed by atoms with Crippen LogP contribution < -0.4 is 10.6 Å². The zero-order valence-electron chi connectivity index (χ0n) is 12.8. The molecule has 6 nitrogen and oxygen atoms in total. The number of amides is 2. The lowest BCUT2D eigenvalue weighted by molar-refractivity contribution is -0.119. The third kappa shape index (κ3) is 5.20. The summed E-state index contributed by atoms with van der Waals surface area (Å²) in [5, 5.41) is 5.12. The molecule has 24 heavy (non-hydrogen) atoms. The van der Waals surface area contributed by atoms with Crippen molar-refractivity contribution in [1.29, 1.82) is 0 Å². The fourth-order valence-electron chi connectivity index (χ4n) is 1.90. The van der Waals surface area contributed by atoms with E-state index >= 15 is 0 Å². The van der Waals surface area contributed by atoms with Crippen molar-refractivity contribution < 1.29 is 23.5 Å². The van der Waals surface area contributed by atoms with Crippen LogP contribution in [0.4, 0.5) is 15.8 Å². The van der Waals surface area contributed by atoms with E-state index in [9.17, 15) is 18.8 Å². The first kappa shape index (κ1) is 17.1. The van der Waals surface area contributed by atoms with E-state index in [1.54, 1.807) is 24.3 Å². The first-order valence-corrected chi connectivity index (χ1v) is 7.04. The molecule has 0 aliphatic heterocycles.